The van der Waals surface area contributed by atoms with Gasteiger partial charge in [-0.3, -0.25) is 4.79 Å². The van der Waals surface area contributed by atoms with Crippen LogP contribution in [-0.4, -0.2) is 45.0 Å². The van der Waals surface area contributed by atoms with Crippen molar-refractivity contribution in [1.82, 2.24) is 10.6 Å². The highest BCUT2D eigenvalue weighted by Gasteiger charge is 2.48. The van der Waals surface area contributed by atoms with Crippen LogP contribution in [0.15, 0.2) is 24.3 Å². The molecule has 0 aromatic heterocycles. The molecule has 2 N–H and O–H groups in total. The molecule has 7 heteroatoms. The summed E-state index contributed by atoms with van der Waals surface area (Å²) in [6, 6.07) is 8.20. The van der Waals surface area contributed by atoms with Crippen LogP contribution in [0.25, 0.3) is 0 Å². The smallest absolute Gasteiger partial charge is 0.241 e. The van der Waals surface area contributed by atoms with Gasteiger partial charge in [0.2, 0.25) is 5.91 Å². The molecular weight excluding hydrogens is 360 g/mol. The number of halogens is 1. The topological polar surface area (TPSA) is 75.3 Å². The minimum Gasteiger partial charge on any atom is -0.354 e. The van der Waals surface area contributed by atoms with Crippen LogP contribution >= 0.6 is 12.4 Å². The largest absolute Gasteiger partial charge is 0.354 e. The number of hydrogen-bond acceptors (Lipinski definition) is 4. The predicted molar refractivity (Wildman–Crippen MR) is 104 cm³/mol. The second-order valence-electron chi connectivity index (χ2n) is 7.45. The lowest BCUT2D eigenvalue weighted by Gasteiger charge is -2.35. The normalized spacial score (nSPS) is 17.4. The molecule has 1 aromatic carbocycles. The number of hydrogen-bond donors (Lipinski definition) is 2. The first-order chi connectivity index (χ1) is 11.1. The highest BCUT2D eigenvalue weighted by Crippen LogP contribution is 2.29. The molecule has 0 saturated carbocycles. The fraction of sp³-hybridized carbons (Fsp3) is 0.611. The number of benzene rings is 1. The molecule has 0 atom stereocenters. The van der Waals surface area contributed by atoms with Crippen molar-refractivity contribution >= 4 is 28.2 Å². The lowest BCUT2D eigenvalue weighted by Crippen LogP contribution is -2.58. The fourth-order valence-corrected chi connectivity index (χ4v) is 4.52. The van der Waals surface area contributed by atoms with Crippen molar-refractivity contribution in [2.45, 2.75) is 43.8 Å². The maximum Gasteiger partial charge on any atom is 0.241 e. The molecule has 1 saturated heterocycles. The summed E-state index contributed by atoms with van der Waals surface area (Å²) in [6.45, 7) is 7.62. The third-order valence-corrected chi connectivity index (χ3v) is 7.07. The van der Waals surface area contributed by atoms with Gasteiger partial charge in [0.05, 0.1) is 0 Å². The SMILES string of the molecule is Cc1ccc(C(C)(C)CNC(=O)C2(S(C)(=O)=O)CCNCC2)cc1.Cl. The number of carbonyl (C=O) groups excluding carboxylic acids is 1. The molecular formula is C18H29ClN2O3S. The average Bonchev–Trinajstić information content (AvgIpc) is 2.52. The van der Waals surface area contributed by atoms with Crippen molar-refractivity contribution in [3.05, 3.63) is 35.4 Å². The molecule has 1 aliphatic rings. The first-order valence-electron chi connectivity index (χ1n) is 8.34. The van der Waals surface area contributed by atoms with E-state index < -0.39 is 14.6 Å². The zero-order valence-corrected chi connectivity index (χ0v) is 17.0. The van der Waals surface area contributed by atoms with Gasteiger partial charge in [-0.25, -0.2) is 8.42 Å². The monoisotopic (exact) mass is 388 g/mol. The van der Waals surface area contributed by atoms with Crippen molar-refractivity contribution in [3.63, 3.8) is 0 Å². The van der Waals surface area contributed by atoms with Crippen molar-refractivity contribution in [3.8, 4) is 0 Å². The van der Waals surface area contributed by atoms with Gasteiger partial charge in [0, 0.05) is 18.2 Å². The predicted octanol–water partition coefficient (Wildman–Crippen LogP) is 1.98. The summed E-state index contributed by atoms with van der Waals surface area (Å²) in [4.78, 5) is 12.8. The Morgan fingerprint density at radius 2 is 1.72 bits per heavy atom. The molecule has 0 unspecified atom stereocenters. The van der Waals surface area contributed by atoms with E-state index in [-0.39, 0.29) is 23.7 Å². The van der Waals surface area contributed by atoms with E-state index in [1.165, 1.54) is 11.8 Å². The number of aryl methyl sites for hydroxylation is 1. The van der Waals surface area contributed by atoms with Gasteiger partial charge in [-0.15, -0.1) is 12.4 Å². The van der Waals surface area contributed by atoms with Crippen molar-refractivity contribution < 1.29 is 13.2 Å². The molecule has 1 heterocycles. The van der Waals surface area contributed by atoms with Gasteiger partial charge in [0.25, 0.3) is 0 Å². The summed E-state index contributed by atoms with van der Waals surface area (Å²) < 4.78 is 23.3. The number of nitrogens with one attached hydrogen (secondary N) is 2. The Labute approximate surface area is 157 Å². The van der Waals surface area contributed by atoms with Crippen LogP contribution in [0.3, 0.4) is 0 Å². The van der Waals surface area contributed by atoms with Crippen molar-refractivity contribution in [2.75, 3.05) is 25.9 Å². The van der Waals surface area contributed by atoms with E-state index in [1.807, 2.05) is 32.9 Å². The minimum absolute atomic E-state index is 0. The molecule has 2 rings (SSSR count). The van der Waals surface area contributed by atoms with Gasteiger partial charge in [-0.2, -0.15) is 0 Å². The lowest BCUT2D eigenvalue weighted by atomic mass is 9.84. The minimum atomic E-state index is -3.48. The van der Waals surface area contributed by atoms with E-state index in [0.29, 0.717) is 32.5 Å². The Balaban J connectivity index is 0.00000312. The molecule has 1 aromatic rings. The molecule has 0 aliphatic carbocycles. The average molecular weight is 389 g/mol. The van der Waals surface area contributed by atoms with Crippen molar-refractivity contribution in [1.29, 1.82) is 0 Å². The summed E-state index contributed by atoms with van der Waals surface area (Å²) in [5, 5.41) is 6.03. The van der Waals surface area contributed by atoms with Gasteiger partial charge < -0.3 is 10.6 Å². The highest BCUT2D eigenvalue weighted by molar-refractivity contribution is 7.92. The Bertz CT molecular complexity index is 694. The van der Waals surface area contributed by atoms with E-state index in [0.717, 1.165) is 5.56 Å². The van der Waals surface area contributed by atoms with E-state index in [1.54, 1.807) is 0 Å². The zero-order valence-electron chi connectivity index (χ0n) is 15.4. The van der Waals surface area contributed by atoms with E-state index in [9.17, 15) is 13.2 Å². The Morgan fingerprint density at radius 3 is 2.20 bits per heavy atom. The van der Waals surface area contributed by atoms with Crippen LogP contribution in [-0.2, 0) is 20.0 Å². The number of piperidine rings is 1. The van der Waals surface area contributed by atoms with Gasteiger partial charge in [0.1, 0.15) is 0 Å². The third kappa shape index (κ3) is 4.74. The zero-order chi connectivity index (χ0) is 18.0. The molecule has 1 amide bonds. The summed E-state index contributed by atoms with van der Waals surface area (Å²) in [5.74, 6) is -0.369. The van der Waals surface area contributed by atoms with Crippen molar-refractivity contribution in [2.24, 2.45) is 0 Å². The van der Waals surface area contributed by atoms with E-state index in [4.69, 9.17) is 0 Å². The maximum absolute atomic E-state index is 12.8. The summed E-state index contributed by atoms with van der Waals surface area (Å²) in [7, 11) is -3.48. The second kappa shape index (κ2) is 8.06. The van der Waals surface area contributed by atoms with E-state index in [2.05, 4.69) is 22.8 Å². The Kier molecular flexibility index (Phi) is 7.07. The quantitative estimate of drug-likeness (QED) is 0.808. The van der Waals surface area contributed by atoms with E-state index >= 15 is 0 Å². The Morgan fingerprint density at radius 1 is 1.20 bits per heavy atom. The fourth-order valence-electron chi connectivity index (χ4n) is 3.17. The van der Waals surface area contributed by atoms with Crippen LogP contribution in [0.2, 0.25) is 0 Å². The third-order valence-electron chi connectivity index (χ3n) is 5.06. The summed E-state index contributed by atoms with van der Waals surface area (Å²) in [5.41, 5.74) is 2.03. The standard InChI is InChI=1S/C18H28N2O3S.ClH/c1-14-5-7-15(8-6-14)17(2,3)13-20-16(21)18(24(4,22)23)9-11-19-12-10-18;/h5-8,19H,9-13H2,1-4H3,(H,20,21);1H. The Hall–Kier alpha value is -1.11. The number of amides is 1. The first-order valence-corrected chi connectivity index (χ1v) is 10.2. The first kappa shape index (κ1) is 21.9. The maximum atomic E-state index is 12.8. The second-order valence-corrected chi connectivity index (χ2v) is 9.77. The molecule has 0 spiro atoms. The summed E-state index contributed by atoms with van der Waals surface area (Å²) in [6.07, 6.45) is 1.81. The van der Waals surface area contributed by atoms with Crippen LogP contribution in [0.4, 0.5) is 0 Å². The number of sulfone groups is 1. The van der Waals surface area contributed by atoms with Crippen LogP contribution in [0, 0.1) is 6.92 Å². The number of carbonyl (C=O) groups is 1. The van der Waals surface area contributed by atoms with Gasteiger partial charge in [0.15, 0.2) is 14.6 Å². The molecule has 25 heavy (non-hydrogen) atoms. The molecule has 142 valence electrons. The van der Waals surface area contributed by atoms with Crippen LogP contribution in [0.5, 0.6) is 0 Å². The van der Waals surface area contributed by atoms with Crippen LogP contribution < -0.4 is 10.6 Å². The molecule has 1 fully saturated rings. The van der Waals surface area contributed by atoms with Crippen LogP contribution in [0.1, 0.15) is 37.8 Å². The van der Waals surface area contributed by atoms with Gasteiger partial charge in [-0.05, 0) is 38.4 Å². The lowest BCUT2D eigenvalue weighted by molar-refractivity contribution is -0.124. The molecule has 0 bridgehead atoms. The highest BCUT2D eigenvalue weighted by atomic mass is 35.5. The molecule has 1 aliphatic heterocycles. The molecule has 5 nitrogen and oxygen atoms in total. The number of rotatable bonds is 5. The molecule has 0 radical (unpaired) electrons. The summed E-state index contributed by atoms with van der Waals surface area (Å²) >= 11 is 0. The van der Waals surface area contributed by atoms with Gasteiger partial charge >= 0.3 is 0 Å². The van der Waals surface area contributed by atoms with Gasteiger partial charge in [-0.1, -0.05) is 43.7 Å².